The second kappa shape index (κ2) is 7.77. The Labute approximate surface area is 167 Å². The van der Waals surface area contributed by atoms with Crippen molar-refractivity contribution < 1.29 is 13.5 Å². The van der Waals surface area contributed by atoms with Crippen LogP contribution in [0.15, 0.2) is 47.5 Å². The molecule has 0 spiro atoms. The molecule has 7 heteroatoms. The zero-order valence-electron chi connectivity index (χ0n) is 14.0. The summed E-state index contributed by atoms with van der Waals surface area (Å²) in [7, 11) is 0. The molecule has 3 atom stereocenters. The number of para-hydroxylation sites is 1. The third-order valence-electron chi connectivity index (χ3n) is 4.72. The zero-order chi connectivity index (χ0) is 17.4. The van der Waals surface area contributed by atoms with Gasteiger partial charge in [-0.2, -0.15) is 0 Å². The first-order chi connectivity index (χ1) is 12.1. The van der Waals surface area contributed by atoms with Gasteiger partial charge in [0.2, 0.25) is 0 Å². The van der Waals surface area contributed by atoms with Gasteiger partial charge < -0.3 is 15.8 Å². The minimum Gasteiger partial charge on any atom is -0.493 e. The summed E-state index contributed by atoms with van der Waals surface area (Å²) in [5.41, 5.74) is 7.16. The van der Waals surface area contributed by atoms with Gasteiger partial charge in [0, 0.05) is 29.5 Å². The van der Waals surface area contributed by atoms with Crippen LogP contribution in [0.2, 0.25) is 0 Å². The third-order valence-corrected chi connectivity index (χ3v) is 4.72. The Morgan fingerprint density at radius 1 is 1.12 bits per heavy atom. The fraction of sp³-hybridized carbons (Fsp3) is 0.316. The van der Waals surface area contributed by atoms with Gasteiger partial charge in [-0.1, -0.05) is 24.3 Å². The average molecular weight is 471 g/mol. The lowest BCUT2D eigenvalue weighted by Gasteiger charge is -2.23. The van der Waals surface area contributed by atoms with E-state index >= 15 is 0 Å². The van der Waals surface area contributed by atoms with E-state index in [1.807, 2.05) is 24.3 Å². The van der Waals surface area contributed by atoms with Crippen LogP contribution in [-0.4, -0.2) is 18.6 Å². The quantitative estimate of drug-likeness (QED) is 0.406. The summed E-state index contributed by atoms with van der Waals surface area (Å²) >= 11 is 0. The number of nitrogens with zero attached hydrogens (tertiary/aromatic N) is 1. The molecule has 2 aliphatic rings. The van der Waals surface area contributed by atoms with E-state index in [-0.39, 0.29) is 47.5 Å². The van der Waals surface area contributed by atoms with Crippen LogP contribution >= 0.6 is 24.0 Å². The number of guanidine groups is 1. The number of nitrogens with one attached hydrogen (secondary N) is 1. The molecule has 1 aliphatic carbocycles. The summed E-state index contributed by atoms with van der Waals surface area (Å²) in [5, 5.41) is 3.09. The van der Waals surface area contributed by atoms with E-state index in [4.69, 9.17) is 10.5 Å². The van der Waals surface area contributed by atoms with Crippen molar-refractivity contribution in [3.05, 3.63) is 65.2 Å². The number of nitrogens with two attached hydrogens (primary N) is 1. The average Bonchev–Trinajstić information content (AvgIpc) is 3.33. The van der Waals surface area contributed by atoms with E-state index in [0.717, 1.165) is 17.7 Å². The van der Waals surface area contributed by atoms with Gasteiger partial charge >= 0.3 is 0 Å². The Kier molecular flexibility index (Phi) is 5.64. The number of fused-ring (bicyclic) bond motifs is 1. The van der Waals surface area contributed by atoms with Crippen LogP contribution in [0.5, 0.6) is 5.75 Å². The first kappa shape index (κ1) is 18.9. The van der Waals surface area contributed by atoms with E-state index in [2.05, 4.69) is 10.3 Å². The summed E-state index contributed by atoms with van der Waals surface area (Å²) in [6, 6.07) is 11.5. The number of benzene rings is 2. The molecule has 1 fully saturated rings. The highest BCUT2D eigenvalue weighted by atomic mass is 127. The number of hydrogen-bond donors (Lipinski definition) is 2. The molecule has 2 aromatic rings. The van der Waals surface area contributed by atoms with E-state index in [1.165, 1.54) is 18.2 Å². The molecule has 26 heavy (non-hydrogen) atoms. The predicted octanol–water partition coefficient (Wildman–Crippen LogP) is 3.87. The molecule has 138 valence electrons. The van der Waals surface area contributed by atoms with Crippen molar-refractivity contribution in [1.82, 2.24) is 5.32 Å². The van der Waals surface area contributed by atoms with Gasteiger partial charge in [-0.25, -0.2) is 13.8 Å². The van der Waals surface area contributed by atoms with Crippen molar-refractivity contribution in [2.45, 2.75) is 30.8 Å². The summed E-state index contributed by atoms with van der Waals surface area (Å²) in [6.07, 6.45) is 1.38. The molecule has 2 aromatic carbocycles. The molecule has 0 radical (unpaired) electrons. The minimum atomic E-state index is -0.511. The molecule has 0 saturated heterocycles. The fourth-order valence-electron chi connectivity index (χ4n) is 3.39. The molecule has 4 rings (SSSR count). The maximum absolute atomic E-state index is 13.8. The van der Waals surface area contributed by atoms with Gasteiger partial charge in [-0.05, 0) is 24.6 Å². The van der Waals surface area contributed by atoms with Crippen LogP contribution in [0, 0.1) is 11.6 Å². The second-order valence-electron chi connectivity index (χ2n) is 6.43. The molecule has 1 saturated carbocycles. The van der Waals surface area contributed by atoms with Gasteiger partial charge in [0.1, 0.15) is 17.4 Å². The predicted molar refractivity (Wildman–Crippen MR) is 107 cm³/mol. The number of rotatable bonds is 3. The number of hydrogen-bond acceptors (Lipinski definition) is 2. The Morgan fingerprint density at radius 3 is 2.62 bits per heavy atom. The van der Waals surface area contributed by atoms with Crippen molar-refractivity contribution in [2.75, 3.05) is 6.61 Å². The molecule has 1 aliphatic heterocycles. The molecule has 3 N–H and O–H groups in total. The first-order valence-electron chi connectivity index (χ1n) is 8.39. The van der Waals surface area contributed by atoms with Gasteiger partial charge in [-0.3, -0.25) is 0 Å². The van der Waals surface area contributed by atoms with Gasteiger partial charge in [0.25, 0.3) is 0 Å². The maximum atomic E-state index is 13.8. The highest BCUT2D eigenvalue weighted by Gasteiger charge is 2.42. The Hall–Kier alpha value is -1.90. The van der Waals surface area contributed by atoms with Gasteiger partial charge in [0.15, 0.2) is 5.96 Å². The van der Waals surface area contributed by atoms with Crippen LogP contribution in [-0.2, 0) is 0 Å². The second-order valence-corrected chi connectivity index (χ2v) is 6.43. The van der Waals surface area contributed by atoms with Crippen molar-refractivity contribution >= 4 is 29.9 Å². The standard InChI is InChI=1S/C19H19F2N3O.HI/c20-13-5-3-6-14(21)18(13)12-10-16(12)24-19(22)23-15-8-9-25-17-7-2-1-4-11(15)17;/h1-7,12,15-16H,8-10H2,(H3,22,23,24);1H. The maximum Gasteiger partial charge on any atom is 0.189 e. The van der Waals surface area contributed by atoms with Crippen molar-refractivity contribution in [3.63, 3.8) is 0 Å². The van der Waals surface area contributed by atoms with E-state index in [1.54, 1.807) is 0 Å². The number of ether oxygens (including phenoxy) is 1. The van der Waals surface area contributed by atoms with Gasteiger partial charge in [0.05, 0.1) is 12.6 Å². The summed E-state index contributed by atoms with van der Waals surface area (Å²) in [4.78, 5) is 4.55. The normalized spacial score (nSPS) is 24.1. The lowest BCUT2D eigenvalue weighted by Crippen LogP contribution is -2.35. The monoisotopic (exact) mass is 471 g/mol. The number of aliphatic imine (C=N–C) groups is 1. The Morgan fingerprint density at radius 2 is 1.85 bits per heavy atom. The topological polar surface area (TPSA) is 59.6 Å². The third kappa shape index (κ3) is 3.77. The lowest BCUT2D eigenvalue weighted by molar-refractivity contribution is 0.269. The largest absolute Gasteiger partial charge is 0.493 e. The molecular formula is C19H20F2IN3O. The highest BCUT2D eigenvalue weighted by molar-refractivity contribution is 14.0. The molecule has 4 nitrogen and oxygen atoms in total. The highest BCUT2D eigenvalue weighted by Crippen LogP contribution is 2.43. The summed E-state index contributed by atoms with van der Waals surface area (Å²) in [6.45, 7) is 0.588. The molecule has 0 aromatic heterocycles. The Bertz CT molecular complexity index is 810. The van der Waals surface area contributed by atoms with E-state index < -0.39 is 11.6 Å². The van der Waals surface area contributed by atoms with Crippen molar-refractivity contribution in [1.29, 1.82) is 0 Å². The van der Waals surface area contributed by atoms with Gasteiger partial charge in [-0.15, -0.1) is 24.0 Å². The van der Waals surface area contributed by atoms with Crippen LogP contribution in [0.4, 0.5) is 8.78 Å². The van der Waals surface area contributed by atoms with E-state index in [0.29, 0.717) is 19.0 Å². The molecule has 0 amide bonds. The fourth-order valence-corrected chi connectivity index (χ4v) is 3.39. The summed E-state index contributed by atoms with van der Waals surface area (Å²) < 4.78 is 33.3. The minimum absolute atomic E-state index is 0. The molecule has 3 unspecified atom stereocenters. The van der Waals surface area contributed by atoms with Crippen LogP contribution < -0.4 is 15.8 Å². The van der Waals surface area contributed by atoms with Crippen LogP contribution in [0.25, 0.3) is 0 Å². The van der Waals surface area contributed by atoms with Crippen LogP contribution in [0.1, 0.15) is 35.9 Å². The first-order valence-corrected chi connectivity index (χ1v) is 8.39. The molecule has 1 heterocycles. The van der Waals surface area contributed by atoms with Crippen molar-refractivity contribution in [3.8, 4) is 5.75 Å². The smallest absolute Gasteiger partial charge is 0.189 e. The Balaban J connectivity index is 0.00000196. The molecule has 0 bridgehead atoms. The lowest BCUT2D eigenvalue weighted by atomic mass is 10.0. The number of halogens is 3. The van der Waals surface area contributed by atoms with Crippen molar-refractivity contribution in [2.24, 2.45) is 10.7 Å². The molecular weight excluding hydrogens is 451 g/mol. The summed E-state index contributed by atoms with van der Waals surface area (Å²) in [5.74, 6) is -0.109. The van der Waals surface area contributed by atoms with Crippen LogP contribution in [0.3, 0.4) is 0 Å². The van der Waals surface area contributed by atoms with E-state index in [9.17, 15) is 8.78 Å². The zero-order valence-corrected chi connectivity index (χ0v) is 16.3. The SMILES string of the molecule is I.NC(=NC1CCOc2ccccc21)NC1CC1c1c(F)cccc1F.